The minimum absolute atomic E-state index is 0.229. The fourth-order valence-electron chi connectivity index (χ4n) is 2.05. The summed E-state index contributed by atoms with van der Waals surface area (Å²) in [6, 6.07) is 1.25. The lowest BCUT2D eigenvalue weighted by Gasteiger charge is -2.25. The van der Waals surface area contributed by atoms with Crippen LogP contribution in [0.2, 0.25) is 0 Å². The van der Waals surface area contributed by atoms with Gasteiger partial charge in [-0.1, -0.05) is 0 Å². The van der Waals surface area contributed by atoms with E-state index in [4.69, 9.17) is 19.9 Å². The maximum atomic E-state index is 11.6. The minimum Gasteiger partial charge on any atom is -0.493 e. The van der Waals surface area contributed by atoms with E-state index in [1.54, 1.807) is 13.2 Å². The highest BCUT2D eigenvalue weighted by molar-refractivity contribution is 6.00. The molecule has 0 aromatic heterocycles. The van der Waals surface area contributed by atoms with Crippen LogP contribution in [0, 0.1) is 0 Å². The molecule has 1 aliphatic rings. The Hall–Kier alpha value is -1.95. The molecule has 2 rings (SSSR count). The summed E-state index contributed by atoms with van der Waals surface area (Å²) in [6.45, 7) is 0. The van der Waals surface area contributed by atoms with Crippen LogP contribution >= 0.6 is 0 Å². The summed E-state index contributed by atoms with van der Waals surface area (Å²) in [6.07, 6.45) is 0.442. The molecule has 6 nitrogen and oxygen atoms in total. The SMILES string of the molecule is COc1cc2c(c(OC)c1OC)NC(=O)C(N)C2. The van der Waals surface area contributed by atoms with E-state index in [9.17, 15) is 4.79 Å². The van der Waals surface area contributed by atoms with E-state index < -0.39 is 6.04 Å². The molecule has 1 amide bonds. The van der Waals surface area contributed by atoms with Crippen molar-refractivity contribution in [1.82, 2.24) is 0 Å². The van der Waals surface area contributed by atoms with Crippen LogP contribution in [0.4, 0.5) is 5.69 Å². The van der Waals surface area contributed by atoms with Gasteiger partial charge in [-0.2, -0.15) is 0 Å². The lowest BCUT2D eigenvalue weighted by molar-refractivity contribution is -0.117. The largest absolute Gasteiger partial charge is 0.493 e. The van der Waals surface area contributed by atoms with Crippen LogP contribution in [0.15, 0.2) is 6.07 Å². The van der Waals surface area contributed by atoms with Gasteiger partial charge in [-0.3, -0.25) is 4.79 Å². The fourth-order valence-corrected chi connectivity index (χ4v) is 2.05. The first kappa shape index (κ1) is 12.5. The number of amides is 1. The molecule has 0 fully saturated rings. The predicted molar refractivity (Wildman–Crippen MR) is 66.4 cm³/mol. The van der Waals surface area contributed by atoms with Gasteiger partial charge in [0.2, 0.25) is 11.7 Å². The number of rotatable bonds is 3. The van der Waals surface area contributed by atoms with Crippen LogP contribution in [-0.2, 0) is 11.2 Å². The lowest BCUT2D eigenvalue weighted by Crippen LogP contribution is -2.41. The van der Waals surface area contributed by atoms with Gasteiger partial charge in [0, 0.05) is 0 Å². The van der Waals surface area contributed by atoms with E-state index in [1.165, 1.54) is 14.2 Å². The first-order chi connectivity index (χ1) is 8.62. The molecule has 6 heteroatoms. The molecule has 1 atom stereocenters. The monoisotopic (exact) mass is 252 g/mol. The van der Waals surface area contributed by atoms with Crippen LogP contribution < -0.4 is 25.3 Å². The van der Waals surface area contributed by atoms with Crippen LogP contribution in [0.5, 0.6) is 17.2 Å². The smallest absolute Gasteiger partial charge is 0.241 e. The zero-order valence-electron chi connectivity index (χ0n) is 10.6. The van der Waals surface area contributed by atoms with Crippen LogP contribution in [-0.4, -0.2) is 33.3 Å². The first-order valence-electron chi connectivity index (χ1n) is 5.50. The van der Waals surface area contributed by atoms with Crippen LogP contribution in [0.1, 0.15) is 5.56 Å². The number of anilines is 1. The highest BCUT2D eigenvalue weighted by atomic mass is 16.5. The van der Waals surface area contributed by atoms with Gasteiger partial charge in [0.05, 0.1) is 33.1 Å². The summed E-state index contributed by atoms with van der Waals surface area (Å²) in [4.78, 5) is 11.6. The Morgan fingerprint density at radius 3 is 2.44 bits per heavy atom. The molecule has 98 valence electrons. The molecule has 1 heterocycles. The Kier molecular flexibility index (Phi) is 3.29. The van der Waals surface area contributed by atoms with Crippen molar-refractivity contribution < 1.29 is 19.0 Å². The highest BCUT2D eigenvalue weighted by Crippen LogP contribution is 2.46. The number of carbonyl (C=O) groups excluding carboxylic acids is 1. The molecule has 0 radical (unpaired) electrons. The summed E-state index contributed by atoms with van der Waals surface area (Å²) in [5.41, 5.74) is 7.19. The maximum absolute atomic E-state index is 11.6. The van der Waals surface area contributed by atoms with Gasteiger partial charge in [0.1, 0.15) is 0 Å². The number of benzene rings is 1. The normalized spacial score (nSPS) is 17.8. The molecular formula is C12H16N2O4. The Labute approximate surface area is 105 Å². The molecule has 1 aromatic rings. The van der Waals surface area contributed by atoms with Crippen molar-refractivity contribution in [3.63, 3.8) is 0 Å². The van der Waals surface area contributed by atoms with E-state index in [0.717, 1.165) is 5.56 Å². The van der Waals surface area contributed by atoms with E-state index in [2.05, 4.69) is 5.32 Å². The summed E-state index contributed by atoms with van der Waals surface area (Å²) in [5, 5.41) is 2.73. The quantitative estimate of drug-likeness (QED) is 0.820. The topological polar surface area (TPSA) is 82.8 Å². The Morgan fingerprint density at radius 2 is 1.89 bits per heavy atom. The minimum atomic E-state index is -0.555. The maximum Gasteiger partial charge on any atom is 0.241 e. The van der Waals surface area contributed by atoms with Crippen LogP contribution in [0.3, 0.4) is 0 Å². The number of hydrogen-bond acceptors (Lipinski definition) is 5. The van der Waals surface area contributed by atoms with Crippen molar-refractivity contribution in [3.05, 3.63) is 11.6 Å². The van der Waals surface area contributed by atoms with Gasteiger partial charge >= 0.3 is 0 Å². The van der Waals surface area contributed by atoms with Crippen molar-refractivity contribution >= 4 is 11.6 Å². The Morgan fingerprint density at radius 1 is 1.22 bits per heavy atom. The summed E-state index contributed by atoms with van der Waals surface area (Å²) >= 11 is 0. The number of ether oxygens (including phenoxy) is 3. The lowest BCUT2D eigenvalue weighted by atomic mass is 9.98. The van der Waals surface area contributed by atoms with Crippen molar-refractivity contribution in [2.45, 2.75) is 12.5 Å². The third-order valence-corrected chi connectivity index (χ3v) is 2.94. The number of hydrogen-bond donors (Lipinski definition) is 2. The average molecular weight is 252 g/mol. The highest BCUT2D eigenvalue weighted by Gasteiger charge is 2.29. The molecule has 1 aromatic carbocycles. The van der Waals surface area contributed by atoms with E-state index in [-0.39, 0.29) is 5.91 Å². The van der Waals surface area contributed by atoms with E-state index in [0.29, 0.717) is 29.4 Å². The van der Waals surface area contributed by atoms with Crippen molar-refractivity contribution in [2.75, 3.05) is 26.6 Å². The van der Waals surface area contributed by atoms with Gasteiger partial charge in [-0.05, 0) is 18.1 Å². The third-order valence-electron chi connectivity index (χ3n) is 2.94. The number of fused-ring (bicyclic) bond motifs is 1. The van der Waals surface area contributed by atoms with Gasteiger partial charge in [0.15, 0.2) is 11.5 Å². The van der Waals surface area contributed by atoms with Crippen molar-refractivity contribution in [1.29, 1.82) is 0 Å². The van der Waals surface area contributed by atoms with Crippen molar-refractivity contribution in [2.24, 2.45) is 5.73 Å². The fraction of sp³-hybridized carbons (Fsp3) is 0.417. The molecule has 0 spiro atoms. The number of methoxy groups -OCH3 is 3. The van der Waals surface area contributed by atoms with Gasteiger partial charge < -0.3 is 25.3 Å². The standard InChI is InChI=1S/C12H16N2O4/c1-16-8-5-6-4-7(13)12(15)14-9(6)11(18-3)10(8)17-2/h5,7H,4,13H2,1-3H3,(H,14,15). The number of nitrogens with two attached hydrogens (primary N) is 1. The molecule has 0 aliphatic carbocycles. The molecule has 0 saturated carbocycles. The number of nitrogens with one attached hydrogen (secondary N) is 1. The number of carbonyl (C=O) groups is 1. The second-order valence-electron chi connectivity index (χ2n) is 3.98. The van der Waals surface area contributed by atoms with Gasteiger partial charge in [-0.25, -0.2) is 0 Å². The molecule has 1 unspecified atom stereocenters. The Balaban J connectivity index is 2.62. The summed E-state index contributed by atoms with van der Waals surface area (Å²) < 4.78 is 15.8. The second kappa shape index (κ2) is 4.73. The van der Waals surface area contributed by atoms with E-state index >= 15 is 0 Å². The van der Waals surface area contributed by atoms with Crippen molar-refractivity contribution in [3.8, 4) is 17.2 Å². The summed E-state index contributed by atoms with van der Waals surface area (Å²) in [7, 11) is 4.58. The third kappa shape index (κ3) is 1.84. The first-order valence-corrected chi connectivity index (χ1v) is 5.50. The zero-order valence-corrected chi connectivity index (χ0v) is 10.6. The van der Waals surface area contributed by atoms with E-state index in [1.807, 2.05) is 0 Å². The molecule has 3 N–H and O–H groups in total. The molecule has 18 heavy (non-hydrogen) atoms. The van der Waals surface area contributed by atoms with Gasteiger partial charge in [-0.15, -0.1) is 0 Å². The second-order valence-corrected chi connectivity index (χ2v) is 3.98. The zero-order chi connectivity index (χ0) is 13.3. The predicted octanol–water partition coefficient (Wildman–Crippen LogP) is 0.534. The molecule has 0 saturated heterocycles. The molecule has 1 aliphatic heterocycles. The van der Waals surface area contributed by atoms with Gasteiger partial charge in [0.25, 0.3) is 0 Å². The Bertz CT molecular complexity index is 487. The molecule has 0 bridgehead atoms. The van der Waals surface area contributed by atoms with Crippen LogP contribution in [0.25, 0.3) is 0 Å². The molecular weight excluding hydrogens is 236 g/mol. The average Bonchev–Trinajstić information content (AvgIpc) is 2.38. The summed E-state index contributed by atoms with van der Waals surface area (Å²) in [5.74, 6) is 1.23.